The standard InChI is InChI=1S/C20H25N3O5/c1-11-17(20(25)26)19(21)18-14(22-11)4-3-5-15(18)28-13-8-6-12(7-9-13)23-16(24)10-27-2/h3-5,12-13H,6-10H2,1-2H3,(H2,21,22)(H,23,24)(H,25,26)/t12-,13-. The van der Waals surface area contributed by atoms with E-state index < -0.39 is 5.97 Å². The Morgan fingerprint density at radius 3 is 2.64 bits per heavy atom. The van der Waals surface area contributed by atoms with Gasteiger partial charge in [0.05, 0.1) is 28.4 Å². The van der Waals surface area contributed by atoms with Crippen molar-refractivity contribution in [3.63, 3.8) is 0 Å². The Kier molecular flexibility index (Phi) is 5.99. The molecule has 0 bridgehead atoms. The average molecular weight is 387 g/mol. The lowest BCUT2D eigenvalue weighted by Gasteiger charge is -2.30. The molecule has 28 heavy (non-hydrogen) atoms. The lowest BCUT2D eigenvalue weighted by atomic mass is 9.93. The minimum Gasteiger partial charge on any atom is -0.490 e. The zero-order valence-corrected chi connectivity index (χ0v) is 16.0. The highest BCUT2D eigenvalue weighted by Crippen LogP contribution is 2.35. The predicted molar refractivity (Wildman–Crippen MR) is 105 cm³/mol. The fraction of sp³-hybridized carbons (Fsp3) is 0.450. The van der Waals surface area contributed by atoms with E-state index in [1.807, 2.05) is 6.07 Å². The van der Waals surface area contributed by atoms with Crippen LogP contribution in [0.1, 0.15) is 41.7 Å². The van der Waals surface area contributed by atoms with Gasteiger partial charge in [-0.25, -0.2) is 4.79 Å². The smallest absolute Gasteiger partial charge is 0.339 e. The van der Waals surface area contributed by atoms with Crippen molar-refractivity contribution in [1.29, 1.82) is 0 Å². The number of benzene rings is 1. The quantitative estimate of drug-likeness (QED) is 0.694. The first kappa shape index (κ1) is 19.9. The second-order valence-electron chi connectivity index (χ2n) is 7.03. The molecule has 1 aliphatic carbocycles. The van der Waals surface area contributed by atoms with Crippen molar-refractivity contribution in [1.82, 2.24) is 10.3 Å². The predicted octanol–water partition coefficient (Wildman–Crippen LogP) is 2.28. The topological polar surface area (TPSA) is 124 Å². The molecule has 1 aromatic heterocycles. The SMILES string of the molecule is COCC(=O)N[C@H]1CC[C@H](Oc2cccc3nc(C)c(C(=O)O)c(N)c23)CC1. The van der Waals surface area contributed by atoms with E-state index in [0.717, 1.165) is 25.7 Å². The zero-order chi connectivity index (χ0) is 20.3. The van der Waals surface area contributed by atoms with Gasteiger partial charge in [0.2, 0.25) is 5.91 Å². The fourth-order valence-electron chi connectivity index (χ4n) is 3.71. The van der Waals surface area contributed by atoms with E-state index in [2.05, 4.69) is 10.3 Å². The van der Waals surface area contributed by atoms with Gasteiger partial charge < -0.3 is 25.6 Å². The number of methoxy groups -OCH3 is 1. The number of carboxylic acid groups (broad SMARTS) is 1. The first-order valence-electron chi connectivity index (χ1n) is 9.27. The number of hydrogen-bond acceptors (Lipinski definition) is 6. The Morgan fingerprint density at radius 1 is 1.29 bits per heavy atom. The van der Waals surface area contributed by atoms with Crippen molar-refractivity contribution in [3.8, 4) is 5.75 Å². The summed E-state index contributed by atoms with van der Waals surface area (Å²) < 4.78 is 11.0. The molecule has 0 aliphatic heterocycles. The van der Waals surface area contributed by atoms with Gasteiger partial charge in [0.25, 0.3) is 0 Å². The van der Waals surface area contributed by atoms with E-state index in [0.29, 0.717) is 22.3 Å². The van der Waals surface area contributed by atoms with Gasteiger partial charge >= 0.3 is 5.97 Å². The van der Waals surface area contributed by atoms with Crippen molar-refractivity contribution < 1.29 is 24.2 Å². The average Bonchev–Trinajstić information content (AvgIpc) is 2.63. The summed E-state index contributed by atoms with van der Waals surface area (Å²) in [5.41, 5.74) is 7.34. The molecule has 1 heterocycles. The summed E-state index contributed by atoms with van der Waals surface area (Å²) in [7, 11) is 1.49. The molecule has 1 saturated carbocycles. The van der Waals surface area contributed by atoms with E-state index >= 15 is 0 Å². The number of fused-ring (bicyclic) bond motifs is 1. The summed E-state index contributed by atoms with van der Waals surface area (Å²) in [6, 6.07) is 5.51. The number of pyridine rings is 1. The largest absolute Gasteiger partial charge is 0.490 e. The Bertz CT molecular complexity index is 891. The number of nitrogens with zero attached hydrogens (tertiary/aromatic N) is 1. The van der Waals surface area contributed by atoms with Crippen molar-refractivity contribution in [2.75, 3.05) is 19.5 Å². The van der Waals surface area contributed by atoms with Crippen LogP contribution in [0.4, 0.5) is 5.69 Å². The van der Waals surface area contributed by atoms with E-state index in [4.69, 9.17) is 15.2 Å². The highest BCUT2D eigenvalue weighted by molar-refractivity contribution is 6.06. The second-order valence-corrected chi connectivity index (χ2v) is 7.03. The van der Waals surface area contributed by atoms with Gasteiger partial charge in [0.1, 0.15) is 17.9 Å². The molecular weight excluding hydrogens is 362 g/mol. The number of nitrogens with two attached hydrogens (primary N) is 1. The lowest BCUT2D eigenvalue weighted by molar-refractivity contribution is -0.125. The molecule has 0 saturated heterocycles. The van der Waals surface area contributed by atoms with Gasteiger partial charge in [0, 0.05) is 13.2 Å². The molecule has 1 aromatic carbocycles. The molecule has 150 valence electrons. The number of carbonyl (C=O) groups is 2. The maximum absolute atomic E-state index is 11.6. The van der Waals surface area contributed by atoms with Crippen molar-refractivity contribution in [2.45, 2.75) is 44.8 Å². The van der Waals surface area contributed by atoms with Gasteiger partial charge in [-0.05, 0) is 44.7 Å². The van der Waals surface area contributed by atoms with Crippen LogP contribution < -0.4 is 15.8 Å². The normalized spacial score (nSPS) is 19.4. The van der Waals surface area contributed by atoms with Crippen LogP contribution in [0.5, 0.6) is 5.75 Å². The van der Waals surface area contributed by atoms with Crippen molar-refractivity contribution in [3.05, 3.63) is 29.5 Å². The molecule has 4 N–H and O–H groups in total. The van der Waals surface area contributed by atoms with Crippen LogP contribution in [0.3, 0.4) is 0 Å². The highest BCUT2D eigenvalue weighted by Gasteiger charge is 2.25. The molecule has 1 aliphatic rings. The maximum atomic E-state index is 11.6. The molecule has 1 fully saturated rings. The summed E-state index contributed by atoms with van der Waals surface area (Å²) >= 11 is 0. The number of amides is 1. The van der Waals surface area contributed by atoms with Crippen LogP contribution in [0, 0.1) is 6.92 Å². The first-order valence-corrected chi connectivity index (χ1v) is 9.27. The van der Waals surface area contributed by atoms with E-state index in [9.17, 15) is 14.7 Å². The second kappa shape index (κ2) is 8.43. The fourth-order valence-corrected chi connectivity index (χ4v) is 3.71. The van der Waals surface area contributed by atoms with E-state index in [-0.39, 0.29) is 35.9 Å². The summed E-state index contributed by atoms with van der Waals surface area (Å²) in [5, 5.41) is 12.9. The van der Waals surface area contributed by atoms with E-state index in [1.54, 1.807) is 19.1 Å². The minimum absolute atomic E-state index is 0.00751. The van der Waals surface area contributed by atoms with Crippen LogP contribution in [0.15, 0.2) is 18.2 Å². The van der Waals surface area contributed by atoms with Crippen LogP contribution in [0.2, 0.25) is 0 Å². The molecule has 3 rings (SSSR count). The first-order chi connectivity index (χ1) is 13.4. The monoisotopic (exact) mass is 387 g/mol. The Balaban J connectivity index is 1.76. The van der Waals surface area contributed by atoms with Gasteiger partial charge in [-0.1, -0.05) is 6.07 Å². The number of carboxylic acids is 1. The Labute approximate surface area is 163 Å². The molecule has 1 amide bonds. The number of nitrogens with one attached hydrogen (secondary N) is 1. The zero-order valence-electron chi connectivity index (χ0n) is 16.0. The number of aromatic carboxylic acids is 1. The van der Waals surface area contributed by atoms with Gasteiger partial charge in [-0.2, -0.15) is 0 Å². The third-order valence-corrected chi connectivity index (χ3v) is 5.02. The number of carbonyl (C=O) groups excluding carboxylic acids is 1. The van der Waals surface area contributed by atoms with Crippen molar-refractivity contribution >= 4 is 28.5 Å². The summed E-state index contributed by atoms with van der Waals surface area (Å²) in [6.45, 7) is 1.69. The summed E-state index contributed by atoms with van der Waals surface area (Å²) in [4.78, 5) is 27.6. The van der Waals surface area contributed by atoms with Gasteiger partial charge in [-0.15, -0.1) is 0 Å². The molecule has 2 aromatic rings. The highest BCUT2D eigenvalue weighted by atomic mass is 16.5. The van der Waals surface area contributed by atoms with Crippen LogP contribution >= 0.6 is 0 Å². The third-order valence-electron chi connectivity index (χ3n) is 5.02. The Hall–Kier alpha value is -2.87. The number of aromatic nitrogens is 1. The number of rotatable bonds is 6. The molecule has 0 atom stereocenters. The molecule has 0 unspecified atom stereocenters. The van der Waals surface area contributed by atoms with Crippen molar-refractivity contribution in [2.24, 2.45) is 0 Å². The number of anilines is 1. The Morgan fingerprint density at radius 2 is 2.00 bits per heavy atom. The third kappa shape index (κ3) is 4.17. The number of hydrogen-bond donors (Lipinski definition) is 3. The molecular formula is C20H25N3O5. The summed E-state index contributed by atoms with van der Waals surface area (Å²) in [5.74, 6) is -0.681. The summed E-state index contributed by atoms with van der Waals surface area (Å²) in [6.07, 6.45) is 3.13. The maximum Gasteiger partial charge on any atom is 0.339 e. The molecule has 8 heteroatoms. The number of aryl methyl sites for hydroxylation is 1. The molecule has 0 radical (unpaired) electrons. The molecule has 8 nitrogen and oxygen atoms in total. The van der Waals surface area contributed by atoms with E-state index in [1.165, 1.54) is 7.11 Å². The van der Waals surface area contributed by atoms with Crippen LogP contribution in [-0.2, 0) is 9.53 Å². The van der Waals surface area contributed by atoms with Crippen LogP contribution in [0.25, 0.3) is 10.9 Å². The van der Waals surface area contributed by atoms with Crippen LogP contribution in [-0.4, -0.2) is 47.8 Å². The minimum atomic E-state index is -1.11. The number of ether oxygens (including phenoxy) is 2. The lowest BCUT2D eigenvalue weighted by Crippen LogP contribution is -2.41. The van der Waals surface area contributed by atoms with Gasteiger partial charge in [0.15, 0.2) is 0 Å². The van der Waals surface area contributed by atoms with Gasteiger partial charge in [-0.3, -0.25) is 9.78 Å². The molecule has 0 spiro atoms. The number of nitrogen functional groups attached to an aromatic ring is 1.